The molecule has 0 amide bonds. The molecule has 2 aromatic carbocycles. The van der Waals surface area contributed by atoms with Crippen molar-refractivity contribution < 1.29 is 9.47 Å². The molecular weight excluding hydrogens is 310 g/mol. The van der Waals surface area contributed by atoms with E-state index in [1.807, 2.05) is 30.3 Å². The number of nitrogens with zero attached hydrogens (tertiary/aromatic N) is 1. The summed E-state index contributed by atoms with van der Waals surface area (Å²) in [4.78, 5) is 2.27. The van der Waals surface area contributed by atoms with Gasteiger partial charge in [-0.15, -0.1) is 11.6 Å². The number of alkyl halides is 1. The monoisotopic (exact) mass is 331 g/mol. The summed E-state index contributed by atoms with van der Waals surface area (Å²) in [5.74, 6) is 1.75. The van der Waals surface area contributed by atoms with Crippen molar-refractivity contribution >= 4 is 11.6 Å². The van der Waals surface area contributed by atoms with Crippen LogP contribution in [0.25, 0.3) is 0 Å². The van der Waals surface area contributed by atoms with Crippen LogP contribution < -0.4 is 9.47 Å². The van der Waals surface area contributed by atoms with Crippen LogP contribution in [-0.2, 0) is 13.0 Å². The summed E-state index contributed by atoms with van der Waals surface area (Å²) in [7, 11) is 3.78. The summed E-state index contributed by atoms with van der Waals surface area (Å²) >= 11 is 6.63. The van der Waals surface area contributed by atoms with Gasteiger partial charge in [0.25, 0.3) is 0 Å². The second kappa shape index (κ2) is 7.24. The largest absolute Gasteiger partial charge is 0.497 e. The molecule has 4 heteroatoms. The first-order valence-electron chi connectivity index (χ1n) is 7.87. The molecule has 1 heterocycles. The zero-order chi connectivity index (χ0) is 16.2. The molecule has 1 aliphatic rings. The lowest BCUT2D eigenvalue weighted by molar-refractivity contribution is 0.300. The van der Waals surface area contributed by atoms with Gasteiger partial charge in [-0.3, -0.25) is 0 Å². The van der Waals surface area contributed by atoms with Crippen LogP contribution in [0.2, 0.25) is 0 Å². The van der Waals surface area contributed by atoms with Crippen molar-refractivity contribution in [2.75, 3.05) is 27.2 Å². The Morgan fingerprint density at radius 1 is 1.17 bits per heavy atom. The van der Waals surface area contributed by atoms with Crippen LogP contribution in [0.1, 0.15) is 22.1 Å². The Labute approximate surface area is 142 Å². The van der Waals surface area contributed by atoms with Crippen LogP contribution in [0.3, 0.4) is 0 Å². The summed E-state index contributed by atoms with van der Waals surface area (Å²) in [6.07, 6.45) is 1.01. The van der Waals surface area contributed by atoms with Gasteiger partial charge in [-0.1, -0.05) is 24.3 Å². The van der Waals surface area contributed by atoms with Gasteiger partial charge in [0, 0.05) is 18.7 Å². The number of benzene rings is 2. The van der Waals surface area contributed by atoms with Gasteiger partial charge in [-0.05, 0) is 42.8 Å². The van der Waals surface area contributed by atoms with E-state index in [9.17, 15) is 0 Å². The third-order valence-corrected chi connectivity index (χ3v) is 4.61. The zero-order valence-corrected chi connectivity index (χ0v) is 14.3. The predicted molar refractivity (Wildman–Crippen MR) is 93.6 cm³/mol. The molecule has 2 aromatic rings. The van der Waals surface area contributed by atoms with Crippen molar-refractivity contribution in [3.05, 3.63) is 59.2 Å². The number of likely N-dealkylation sites (N-methyl/N-ethyl adjacent to an activating group) is 1. The standard InChI is InChI=1S/C19H22ClNO2/c1-21-11-10-15-4-3-5-18(19(15)17(20)12-21)23-13-14-6-8-16(22-2)9-7-14/h3-9,17H,10-13H2,1-2H3. The Balaban J connectivity index is 1.78. The molecule has 1 aliphatic heterocycles. The fourth-order valence-corrected chi connectivity index (χ4v) is 3.42. The highest BCUT2D eigenvalue weighted by molar-refractivity contribution is 6.21. The summed E-state index contributed by atoms with van der Waals surface area (Å²) in [5, 5.41) is -0.0374. The highest BCUT2D eigenvalue weighted by atomic mass is 35.5. The van der Waals surface area contributed by atoms with Crippen LogP contribution in [0.4, 0.5) is 0 Å². The minimum atomic E-state index is -0.0374. The second-order valence-corrected chi connectivity index (χ2v) is 6.47. The molecule has 1 unspecified atom stereocenters. The summed E-state index contributed by atoms with van der Waals surface area (Å²) < 4.78 is 11.3. The van der Waals surface area contributed by atoms with Gasteiger partial charge in [0.05, 0.1) is 12.5 Å². The zero-order valence-electron chi connectivity index (χ0n) is 13.6. The molecule has 0 saturated carbocycles. The normalized spacial score (nSPS) is 18.1. The fraction of sp³-hybridized carbons (Fsp3) is 0.368. The highest BCUT2D eigenvalue weighted by Gasteiger charge is 2.23. The summed E-state index contributed by atoms with van der Waals surface area (Å²) in [5.41, 5.74) is 3.55. The maximum atomic E-state index is 6.63. The van der Waals surface area contributed by atoms with Gasteiger partial charge in [0.2, 0.25) is 0 Å². The van der Waals surface area contributed by atoms with Gasteiger partial charge in [0.15, 0.2) is 0 Å². The molecule has 3 nitrogen and oxygen atoms in total. The van der Waals surface area contributed by atoms with E-state index in [-0.39, 0.29) is 5.38 Å². The molecule has 0 spiro atoms. The number of ether oxygens (including phenoxy) is 2. The molecule has 0 aromatic heterocycles. The van der Waals surface area contributed by atoms with Crippen LogP contribution in [0, 0.1) is 0 Å². The number of hydrogen-bond acceptors (Lipinski definition) is 3. The van der Waals surface area contributed by atoms with Crippen molar-refractivity contribution in [3.63, 3.8) is 0 Å². The number of methoxy groups -OCH3 is 1. The lowest BCUT2D eigenvalue weighted by Crippen LogP contribution is -2.22. The molecule has 23 heavy (non-hydrogen) atoms. The van der Waals surface area contributed by atoms with E-state index in [0.29, 0.717) is 6.61 Å². The number of fused-ring (bicyclic) bond motifs is 1. The minimum Gasteiger partial charge on any atom is -0.497 e. The van der Waals surface area contributed by atoms with Gasteiger partial charge >= 0.3 is 0 Å². The molecule has 0 fully saturated rings. The third kappa shape index (κ3) is 3.80. The SMILES string of the molecule is COc1ccc(COc2cccc3c2C(Cl)CN(C)CC3)cc1. The Kier molecular flexibility index (Phi) is 5.09. The van der Waals surface area contributed by atoms with Crippen molar-refractivity contribution in [1.82, 2.24) is 4.90 Å². The molecule has 0 saturated heterocycles. The van der Waals surface area contributed by atoms with E-state index in [1.165, 1.54) is 5.56 Å². The Morgan fingerprint density at radius 2 is 1.96 bits per heavy atom. The maximum Gasteiger partial charge on any atom is 0.124 e. The van der Waals surface area contributed by atoms with E-state index in [0.717, 1.165) is 42.1 Å². The van der Waals surface area contributed by atoms with E-state index < -0.39 is 0 Å². The van der Waals surface area contributed by atoms with Crippen LogP contribution in [0.15, 0.2) is 42.5 Å². The third-order valence-electron chi connectivity index (χ3n) is 4.26. The lowest BCUT2D eigenvalue weighted by atomic mass is 10.0. The quantitative estimate of drug-likeness (QED) is 0.789. The number of hydrogen-bond donors (Lipinski definition) is 0. The molecule has 0 bridgehead atoms. The van der Waals surface area contributed by atoms with Gasteiger partial charge in [-0.2, -0.15) is 0 Å². The van der Waals surface area contributed by atoms with Crippen molar-refractivity contribution in [1.29, 1.82) is 0 Å². The molecule has 0 radical (unpaired) electrons. The Hall–Kier alpha value is -1.71. The van der Waals surface area contributed by atoms with E-state index in [2.05, 4.69) is 24.1 Å². The summed E-state index contributed by atoms with van der Waals surface area (Å²) in [6, 6.07) is 14.2. The average Bonchev–Trinajstić information content (AvgIpc) is 2.72. The van der Waals surface area contributed by atoms with Crippen molar-refractivity contribution in [3.8, 4) is 11.5 Å². The Bertz CT molecular complexity index is 657. The van der Waals surface area contributed by atoms with Crippen molar-refractivity contribution in [2.24, 2.45) is 0 Å². The fourth-order valence-electron chi connectivity index (χ4n) is 2.94. The molecular formula is C19H22ClNO2. The minimum absolute atomic E-state index is 0.0374. The summed E-state index contributed by atoms with van der Waals surface area (Å²) in [6.45, 7) is 2.40. The van der Waals surface area contributed by atoms with E-state index in [4.69, 9.17) is 21.1 Å². The predicted octanol–water partition coefficient (Wildman–Crippen LogP) is 4.04. The van der Waals surface area contributed by atoms with Gasteiger partial charge in [-0.25, -0.2) is 0 Å². The molecule has 1 atom stereocenters. The smallest absolute Gasteiger partial charge is 0.124 e. The second-order valence-electron chi connectivity index (χ2n) is 5.95. The van der Waals surface area contributed by atoms with Crippen LogP contribution >= 0.6 is 11.6 Å². The molecule has 122 valence electrons. The molecule has 0 N–H and O–H groups in total. The first-order valence-corrected chi connectivity index (χ1v) is 8.31. The van der Waals surface area contributed by atoms with Gasteiger partial charge in [0.1, 0.15) is 18.1 Å². The molecule has 3 rings (SSSR count). The molecule has 0 aliphatic carbocycles. The lowest BCUT2D eigenvalue weighted by Gasteiger charge is -2.18. The number of rotatable bonds is 4. The van der Waals surface area contributed by atoms with Crippen LogP contribution in [-0.4, -0.2) is 32.1 Å². The van der Waals surface area contributed by atoms with Crippen LogP contribution in [0.5, 0.6) is 11.5 Å². The van der Waals surface area contributed by atoms with Crippen molar-refractivity contribution in [2.45, 2.75) is 18.4 Å². The highest BCUT2D eigenvalue weighted by Crippen LogP contribution is 2.36. The average molecular weight is 332 g/mol. The Morgan fingerprint density at radius 3 is 2.70 bits per heavy atom. The number of halogens is 1. The van der Waals surface area contributed by atoms with E-state index in [1.54, 1.807) is 7.11 Å². The first kappa shape index (κ1) is 16.2. The van der Waals surface area contributed by atoms with Gasteiger partial charge < -0.3 is 14.4 Å². The topological polar surface area (TPSA) is 21.7 Å². The maximum absolute atomic E-state index is 6.63. The van der Waals surface area contributed by atoms with E-state index >= 15 is 0 Å². The first-order chi connectivity index (χ1) is 11.2.